The molecule has 0 saturated carbocycles. The van der Waals surface area contributed by atoms with Gasteiger partial charge >= 0.3 is 0 Å². The Hall–Kier alpha value is -1.50. The lowest BCUT2D eigenvalue weighted by molar-refractivity contribution is 0.191. The van der Waals surface area contributed by atoms with Crippen LogP contribution in [0.1, 0.15) is 18.7 Å². The Kier molecular flexibility index (Phi) is 3.14. The molecule has 1 aromatic rings. The summed E-state index contributed by atoms with van der Waals surface area (Å²) in [5, 5.41) is 19.4. The van der Waals surface area contributed by atoms with E-state index in [9.17, 15) is 0 Å². The zero-order chi connectivity index (χ0) is 11.5. The summed E-state index contributed by atoms with van der Waals surface area (Å²) < 4.78 is 0. The van der Waals surface area contributed by atoms with Crippen molar-refractivity contribution < 1.29 is 0 Å². The monoisotopic (exact) mass is 223 g/mol. The molecule has 1 atom stereocenters. The normalized spacial score (nSPS) is 22.2. The summed E-state index contributed by atoms with van der Waals surface area (Å²) in [6.07, 6.45) is 2.09. The SMILES string of the molecule is Cn1nnc(CN2CCCC(C(=N)N)C2)n1. The molecule has 2 heterocycles. The topological polar surface area (TPSA) is 96.7 Å². The average molecular weight is 223 g/mol. The minimum absolute atomic E-state index is 0.186. The summed E-state index contributed by atoms with van der Waals surface area (Å²) in [4.78, 5) is 3.69. The van der Waals surface area contributed by atoms with Crippen LogP contribution in [0, 0.1) is 11.3 Å². The molecule has 7 nitrogen and oxygen atoms in total. The van der Waals surface area contributed by atoms with Gasteiger partial charge in [0.25, 0.3) is 0 Å². The van der Waals surface area contributed by atoms with E-state index in [0.717, 1.165) is 31.8 Å². The largest absolute Gasteiger partial charge is 0.387 e. The average Bonchev–Trinajstić information content (AvgIpc) is 2.64. The lowest BCUT2D eigenvalue weighted by Gasteiger charge is -2.30. The first-order valence-electron chi connectivity index (χ1n) is 5.44. The molecule has 1 saturated heterocycles. The van der Waals surface area contributed by atoms with Crippen LogP contribution in [-0.2, 0) is 13.6 Å². The summed E-state index contributed by atoms with van der Waals surface area (Å²) in [7, 11) is 1.76. The molecule has 1 aromatic heterocycles. The van der Waals surface area contributed by atoms with Gasteiger partial charge in [-0.3, -0.25) is 10.3 Å². The van der Waals surface area contributed by atoms with Gasteiger partial charge in [0, 0.05) is 12.5 Å². The molecule has 0 amide bonds. The Balaban J connectivity index is 1.92. The van der Waals surface area contributed by atoms with Crippen molar-refractivity contribution in [3.05, 3.63) is 5.82 Å². The quantitative estimate of drug-likeness (QED) is 0.524. The first-order valence-corrected chi connectivity index (χ1v) is 5.44. The number of piperidine rings is 1. The number of aryl methyl sites for hydroxylation is 1. The van der Waals surface area contributed by atoms with E-state index in [0.29, 0.717) is 6.54 Å². The predicted octanol–water partition coefficient (Wildman–Crippen LogP) is -0.642. The molecule has 3 N–H and O–H groups in total. The third-order valence-corrected chi connectivity index (χ3v) is 2.86. The van der Waals surface area contributed by atoms with Crippen LogP contribution in [0.2, 0.25) is 0 Å². The number of nitrogens with one attached hydrogen (secondary N) is 1. The lowest BCUT2D eigenvalue weighted by atomic mass is 9.97. The van der Waals surface area contributed by atoms with Gasteiger partial charge in [0.15, 0.2) is 5.82 Å². The molecule has 0 aliphatic carbocycles. The van der Waals surface area contributed by atoms with Crippen LogP contribution in [0.3, 0.4) is 0 Å². The Morgan fingerprint density at radius 2 is 2.44 bits per heavy atom. The highest BCUT2D eigenvalue weighted by Crippen LogP contribution is 2.17. The molecule has 0 bridgehead atoms. The van der Waals surface area contributed by atoms with Crippen LogP contribution in [0.5, 0.6) is 0 Å². The maximum atomic E-state index is 7.47. The fourth-order valence-electron chi connectivity index (χ4n) is 2.04. The molecule has 0 radical (unpaired) electrons. The van der Waals surface area contributed by atoms with Gasteiger partial charge in [0.1, 0.15) is 0 Å². The van der Waals surface area contributed by atoms with Crippen LogP contribution in [-0.4, -0.2) is 44.0 Å². The van der Waals surface area contributed by atoms with E-state index < -0.39 is 0 Å². The number of aromatic nitrogens is 4. The van der Waals surface area contributed by atoms with Crippen molar-refractivity contribution >= 4 is 5.84 Å². The third kappa shape index (κ3) is 2.54. The molecule has 0 spiro atoms. The van der Waals surface area contributed by atoms with Gasteiger partial charge in [-0.05, 0) is 24.6 Å². The molecule has 1 aliphatic heterocycles. The fourth-order valence-corrected chi connectivity index (χ4v) is 2.04. The number of tetrazole rings is 1. The van der Waals surface area contributed by atoms with E-state index in [2.05, 4.69) is 20.3 Å². The summed E-state index contributed by atoms with van der Waals surface area (Å²) >= 11 is 0. The van der Waals surface area contributed by atoms with Crippen molar-refractivity contribution in [1.29, 1.82) is 5.41 Å². The number of nitrogens with zero attached hydrogens (tertiary/aromatic N) is 5. The number of rotatable bonds is 3. The molecule has 88 valence electrons. The third-order valence-electron chi connectivity index (χ3n) is 2.86. The first-order chi connectivity index (χ1) is 7.65. The second-order valence-corrected chi connectivity index (χ2v) is 4.22. The number of likely N-dealkylation sites (tertiary alicyclic amines) is 1. The smallest absolute Gasteiger partial charge is 0.188 e. The number of hydrogen-bond acceptors (Lipinski definition) is 5. The van der Waals surface area contributed by atoms with Crippen LogP contribution in [0.15, 0.2) is 0 Å². The second kappa shape index (κ2) is 4.56. The van der Waals surface area contributed by atoms with Crippen molar-refractivity contribution in [2.45, 2.75) is 19.4 Å². The summed E-state index contributed by atoms with van der Waals surface area (Å²) in [6.45, 7) is 2.53. The molecular weight excluding hydrogens is 206 g/mol. The fraction of sp³-hybridized carbons (Fsp3) is 0.778. The highest BCUT2D eigenvalue weighted by Gasteiger charge is 2.22. The molecule has 1 fully saturated rings. The van der Waals surface area contributed by atoms with E-state index >= 15 is 0 Å². The predicted molar refractivity (Wildman–Crippen MR) is 58.7 cm³/mol. The van der Waals surface area contributed by atoms with Gasteiger partial charge < -0.3 is 5.73 Å². The minimum atomic E-state index is 0.186. The Morgan fingerprint density at radius 1 is 1.62 bits per heavy atom. The number of amidine groups is 1. The van der Waals surface area contributed by atoms with Gasteiger partial charge in [0.05, 0.1) is 19.4 Å². The molecule has 1 aliphatic rings. The summed E-state index contributed by atoms with van der Waals surface area (Å²) in [5.74, 6) is 1.20. The highest BCUT2D eigenvalue weighted by atomic mass is 15.6. The van der Waals surface area contributed by atoms with Crippen molar-refractivity contribution in [1.82, 2.24) is 25.1 Å². The summed E-state index contributed by atoms with van der Waals surface area (Å²) in [5.41, 5.74) is 5.54. The lowest BCUT2D eigenvalue weighted by Crippen LogP contribution is -2.40. The molecule has 7 heteroatoms. The van der Waals surface area contributed by atoms with Crippen LogP contribution >= 0.6 is 0 Å². The molecular formula is C9H17N7. The zero-order valence-electron chi connectivity index (χ0n) is 9.43. The molecule has 16 heavy (non-hydrogen) atoms. The van der Waals surface area contributed by atoms with E-state index in [1.54, 1.807) is 7.05 Å². The molecule has 0 aromatic carbocycles. The number of nitrogens with two attached hydrogens (primary N) is 1. The second-order valence-electron chi connectivity index (χ2n) is 4.22. The van der Waals surface area contributed by atoms with Crippen LogP contribution in [0.25, 0.3) is 0 Å². The van der Waals surface area contributed by atoms with Gasteiger partial charge in [-0.2, -0.15) is 4.80 Å². The molecule has 2 rings (SSSR count). The van der Waals surface area contributed by atoms with E-state index in [-0.39, 0.29) is 11.8 Å². The van der Waals surface area contributed by atoms with E-state index in [1.165, 1.54) is 4.80 Å². The first kappa shape index (κ1) is 11.0. The Bertz CT molecular complexity index is 372. The standard InChI is InChI=1S/C9H17N7/c1-15-13-8(12-14-15)6-16-4-2-3-7(5-16)9(10)11/h7H,2-6H2,1H3,(H3,10,11). The van der Waals surface area contributed by atoms with Gasteiger partial charge in [0.2, 0.25) is 0 Å². The maximum absolute atomic E-state index is 7.47. The van der Waals surface area contributed by atoms with Gasteiger partial charge in [-0.1, -0.05) is 0 Å². The van der Waals surface area contributed by atoms with Crippen molar-refractivity contribution in [3.63, 3.8) is 0 Å². The van der Waals surface area contributed by atoms with Gasteiger partial charge in [-0.25, -0.2) is 0 Å². The Morgan fingerprint density at radius 3 is 3.06 bits per heavy atom. The molecule has 1 unspecified atom stereocenters. The van der Waals surface area contributed by atoms with Crippen molar-refractivity contribution in [3.8, 4) is 0 Å². The Labute approximate surface area is 94.1 Å². The summed E-state index contributed by atoms with van der Waals surface area (Å²) in [6, 6.07) is 0. The van der Waals surface area contributed by atoms with Crippen LogP contribution < -0.4 is 5.73 Å². The number of hydrogen-bond donors (Lipinski definition) is 2. The van der Waals surface area contributed by atoms with Gasteiger partial charge in [-0.15, -0.1) is 10.2 Å². The van der Waals surface area contributed by atoms with E-state index in [4.69, 9.17) is 11.1 Å². The highest BCUT2D eigenvalue weighted by molar-refractivity contribution is 5.79. The van der Waals surface area contributed by atoms with E-state index in [1.807, 2.05) is 0 Å². The minimum Gasteiger partial charge on any atom is -0.387 e. The maximum Gasteiger partial charge on any atom is 0.188 e. The van der Waals surface area contributed by atoms with Crippen molar-refractivity contribution in [2.24, 2.45) is 18.7 Å². The van der Waals surface area contributed by atoms with Crippen LogP contribution in [0.4, 0.5) is 0 Å². The zero-order valence-corrected chi connectivity index (χ0v) is 9.43. The van der Waals surface area contributed by atoms with Crippen molar-refractivity contribution in [2.75, 3.05) is 13.1 Å².